The number of hydrogen-bond donors (Lipinski definition) is 2. The SMILES string of the molecule is Cc1[c-]cc(NC(=O)[C@@](C)(O)CCc2cccnc2)cc1.[Y]. The molecule has 0 spiro atoms. The Kier molecular flexibility index (Phi) is 7.33. The van der Waals surface area contributed by atoms with Gasteiger partial charge in [0.2, 0.25) is 5.91 Å². The molecule has 0 aliphatic carbocycles. The van der Waals surface area contributed by atoms with E-state index in [2.05, 4.69) is 16.4 Å². The van der Waals surface area contributed by atoms with Crippen LogP contribution < -0.4 is 5.32 Å². The minimum atomic E-state index is -1.43. The van der Waals surface area contributed by atoms with E-state index in [0.29, 0.717) is 18.5 Å². The number of nitrogens with one attached hydrogen (secondary N) is 1. The third-order valence-corrected chi connectivity index (χ3v) is 3.34. The Morgan fingerprint density at radius 3 is 2.77 bits per heavy atom. The molecule has 2 rings (SSSR count). The van der Waals surface area contributed by atoms with E-state index >= 15 is 0 Å². The van der Waals surface area contributed by atoms with Crippen molar-refractivity contribution in [1.82, 2.24) is 4.98 Å². The molecule has 4 nitrogen and oxygen atoms in total. The quantitative estimate of drug-likeness (QED) is 0.793. The molecular weight excluding hydrogens is 353 g/mol. The van der Waals surface area contributed by atoms with Crippen molar-refractivity contribution in [2.75, 3.05) is 5.32 Å². The number of nitrogens with zero attached hydrogens (tertiary/aromatic N) is 1. The third kappa shape index (κ3) is 5.60. The molecule has 0 saturated heterocycles. The van der Waals surface area contributed by atoms with Crippen LogP contribution in [0.4, 0.5) is 5.69 Å². The van der Waals surface area contributed by atoms with E-state index < -0.39 is 11.5 Å². The molecule has 1 heterocycles. The number of rotatable bonds is 5. The van der Waals surface area contributed by atoms with Crippen LogP contribution in [0.15, 0.2) is 42.7 Å². The van der Waals surface area contributed by atoms with Gasteiger partial charge in [-0.1, -0.05) is 18.7 Å². The summed E-state index contributed by atoms with van der Waals surface area (Å²) in [5.41, 5.74) is 1.19. The van der Waals surface area contributed by atoms with Gasteiger partial charge in [0.1, 0.15) is 5.60 Å². The number of carbonyl (C=O) groups excluding carboxylic acids is 1. The molecule has 1 aromatic carbocycles. The molecule has 2 N–H and O–H groups in total. The molecule has 0 bridgehead atoms. The molecule has 0 aliphatic heterocycles. The molecule has 1 atom stereocenters. The van der Waals surface area contributed by atoms with Crippen LogP contribution in [0.2, 0.25) is 0 Å². The van der Waals surface area contributed by atoms with Gasteiger partial charge in [0.15, 0.2) is 0 Å². The zero-order valence-electron chi connectivity index (χ0n) is 12.8. The number of carbonyl (C=O) groups is 1. The predicted octanol–water partition coefficient (Wildman–Crippen LogP) is 2.51. The maximum atomic E-state index is 12.1. The maximum absolute atomic E-state index is 12.1. The Morgan fingerprint density at radius 1 is 1.41 bits per heavy atom. The van der Waals surface area contributed by atoms with Crippen molar-refractivity contribution in [2.45, 2.75) is 32.3 Å². The van der Waals surface area contributed by atoms with Gasteiger partial charge in [-0.05, 0) is 31.4 Å². The first-order valence-corrected chi connectivity index (χ1v) is 6.88. The van der Waals surface area contributed by atoms with Crippen LogP contribution in [-0.4, -0.2) is 21.6 Å². The van der Waals surface area contributed by atoms with Gasteiger partial charge in [-0.15, -0.1) is 6.07 Å². The largest absolute Gasteiger partial charge is 0.380 e. The maximum Gasteiger partial charge on any atom is 0.245 e. The third-order valence-electron chi connectivity index (χ3n) is 3.34. The van der Waals surface area contributed by atoms with Crippen molar-refractivity contribution < 1.29 is 42.6 Å². The van der Waals surface area contributed by atoms with Crippen molar-refractivity contribution in [3.8, 4) is 0 Å². The number of hydrogen-bond acceptors (Lipinski definition) is 3. The van der Waals surface area contributed by atoms with Gasteiger partial charge in [-0.2, -0.15) is 23.8 Å². The molecule has 113 valence electrons. The van der Waals surface area contributed by atoms with Crippen LogP contribution in [0.25, 0.3) is 0 Å². The van der Waals surface area contributed by atoms with Crippen LogP contribution in [0, 0.1) is 13.0 Å². The Bertz CT molecular complexity index is 598. The summed E-state index contributed by atoms with van der Waals surface area (Å²) in [5, 5.41) is 13.0. The number of aromatic nitrogens is 1. The number of aliphatic hydroxyl groups is 1. The first-order valence-electron chi connectivity index (χ1n) is 6.88. The summed E-state index contributed by atoms with van der Waals surface area (Å²) in [6.07, 6.45) is 4.36. The van der Waals surface area contributed by atoms with Gasteiger partial charge in [0.05, 0.1) is 0 Å². The summed E-state index contributed by atoms with van der Waals surface area (Å²) in [6.45, 7) is 3.45. The minimum absolute atomic E-state index is 0. The first-order chi connectivity index (χ1) is 9.97. The van der Waals surface area contributed by atoms with Gasteiger partial charge in [0, 0.05) is 45.1 Å². The fourth-order valence-corrected chi connectivity index (χ4v) is 1.89. The molecule has 0 aliphatic rings. The fourth-order valence-electron chi connectivity index (χ4n) is 1.89. The van der Waals surface area contributed by atoms with E-state index in [1.54, 1.807) is 24.5 Å². The predicted molar refractivity (Wildman–Crippen MR) is 81.8 cm³/mol. The molecule has 0 fully saturated rings. The van der Waals surface area contributed by atoms with Crippen molar-refractivity contribution in [3.05, 3.63) is 59.9 Å². The summed E-state index contributed by atoms with van der Waals surface area (Å²) in [7, 11) is 0. The number of aryl methyl sites for hydroxylation is 2. The topological polar surface area (TPSA) is 62.2 Å². The van der Waals surface area contributed by atoms with E-state index in [4.69, 9.17) is 0 Å². The first kappa shape index (κ1) is 19.0. The summed E-state index contributed by atoms with van der Waals surface area (Å²) >= 11 is 0. The number of pyridine rings is 1. The second-order valence-electron chi connectivity index (χ2n) is 5.35. The second kappa shape index (κ2) is 8.51. The van der Waals surface area contributed by atoms with E-state index in [1.165, 1.54) is 6.92 Å². The van der Waals surface area contributed by atoms with Crippen molar-refractivity contribution in [1.29, 1.82) is 0 Å². The molecular formula is C17H19N2O2Y-. The molecule has 22 heavy (non-hydrogen) atoms. The van der Waals surface area contributed by atoms with Gasteiger partial charge < -0.3 is 10.4 Å². The average Bonchev–Trinajstić information content (AvgIpc) is 2.48. The number of benzene rings is 1. The number of amides is 1. The van der Waals surface area contributed by atoms with Crippen LogP contribution in [-0.2, 0) is 43.9 Å². The fraction of sp³-hybridized carbons (Fsp3) is 0.294. The van der Waals surface area contributed by atoms with E-state index in [1.807, 2.05) is 25.1 Å². The summed E-state index contributed by atoms with van der Waals surface area (Å²) in [4.78, 5) is 16.2. The van der Waals surface area contributed by atoms with Crippen molar-refractivity contribution >= 4 is 11.6 Å². The van der Waals surface area contributed by atoms with Crippen LogP contribution >= 0.6 is 0 Å². The van der Waals surface area contributed by atoms with Gasteiger partial charge >= 0.3 is 0 Å². The Balaban J connectivity index is 0.00000242. The Morgan fingerprint density at radius 2 is 2.18 bits per heavy atom. The van der Waals surface area contributed by atoms with Gasteiger partial charge in [-0.25, -0.2) is 0 Å². The summed E-state index contributed by atoms with van der Waals surface area (Å²) in [6, 6.07) is 12.1. The minimum Gasteiger partial charge on any atom is -0.380 e. The standard InChI is InChI=1S/C17H19N2O2.Y/c1-13-5-7-15(8-6-13)19-16(20)17(2,21)10-9-14-4-3-11-18-12-14;/h3-5,7-8,11-12,21H,9-10H2,1-2H3,(H,19,20);/q-1;/t17-;/m0./s1. The van der Waals surface area contributed by atoms with Gasteiger partial charge in [-0.3, -0.25) is 9.78 Å². The zero-order valence-corrected chi connectivity index (χ0v) is 15.7. The Labute approximate surface area is 156 Å². The van der Waals surface area contributed by atoms with Crippen molar-refractivity contribution in [3.63, 3.8) is 0 Å². The van der Waals surface area contributed by atoms with E-state index in [0.717, 1.165) is 11.1 Å². The second-order valence-corrected chi connectivity index (χ2v) is 5.35. The van der Waals surface area contributed by atoms with Crippen LogP contribution in [0.3, 0.4) is 0 Å². The smallest absolute Gasteiger partial charge is 0.245 e. The Hall–Kier alpha value is -1.10. The molecule has 0 unspecified atom stereocenters. The molecule has 0 saturated carbocycles. The molecule has 2 aromatic rings. The molecule has 1 radical (unpaired) electrons. The van der Waals surface area contributed by atoms with Crippen LogP contribution in [0.1, 0.15) is 24.5 Å². The van der Waals surface area contributed by atoms with E-state index in [9.17, 15) is 9.90 Å². The monoisotopic (exact) mass is 372 g/mol. The summed E-state index contributed by atoms with van der Waals surface area (Å²) < 4.78 is 0. The average molecular weight is 372 g/mol. The van der Waals surface area contributed by atoms with E-state index in [-0.39, 0.29) is 32.7 Å². The molecule has 1 amide bonds. The van der Waals surface area contributed by atoms with Crippen LogP contribution in [0.5, 0.6) is 0 Å². The number of anilines is 1. The van der Waals surface area contributed by atoms with Gasteiger partial charge in [0.25, 0.3) is 0 Å². The summed E-state index contributed by atoms with van der Waals surface area (Å²) in [5.74, 6) is -0.413. The van der Waals surface area contributed by atoms with Crippen molar-refractivity contribution in [2.24, 2.45) is 0 Å². The normalized spacial score (nSPS) is 12.9. The zero-order chi connectivity index (χ0) is 15.3. The molecule has 5 heteroatoms. The molecule has 1 aromatic heterocycles.